The third-order valence-corrected chi connectivity index (χ3v) is 4.62. The topological polar surface area (TPSA) is 81.0 Å². The molecule has 0 saturated carbocycles. The molecule has 1 aliphatic rings. The van der Waals surface area contributed by atoms with Crippen molar-refractivity contribution < 1.29 is 4.74 Å². The zero-order chi connectivity index (χ0) is 16.8. The SMILES string of the molecule is COc1ccc(-c2cc(-c3nc4c5c(ncn4n3)CCC5)[nH]n2)cc1. The van der Waals surface area contributed by atoms with Crippen LogP contribution in [-0.4, -0.2) is 36.9 Å². The molecule has 0 aliphatic heterocycles. The standard InChI is InChI=1S/C18H16N6O/c1-25-12-7-5-11(6-8-12)15-9-16(22-21-15)17-20-18-13-3-2-4-14(13)19-10-24(18)23-17/h5-10H,2-4H2,1H3,(H,21,22). The molecule has 3 heterocycles. The molecule has 0 unspecified atom stereocenters. The molecule has 0 fully saturated rings. The van der Waals surface area contributed by atoms with E-state index in [2.05, 4.69) is 20.3 Å². The van der Waals surface area contributed by atoms with Gasteiger partial charge >= 0.3 is 0 Å². The van der Waals surface area contributed by atoms with E-state index in [0.717, 1.165) is 53.3 Å². The molecule has 0 saturated heterocycles. The summed E-state index contributed by atoms with van der Waals surface area (Å²) < 4.78 is 6.95. The summed E-state index contributed by atoms with van der Waals surface area (Å²) in [7, 11) is 1.66. The Labute approximate surface area is 143 Å². The van der Waals surface area contributed by atoms with Crippen molar-refractivity contribution in [3.63, 3.8) is 0 Å². The quantitative estimate of drug-likeness (QED) is 0.624. The Hall–Kier alpha value is -3.22. The summed E-state index contributed by atoms with van der Waals surface area (Å²) in [6, 6.07) is 9.76. The second kappa shape index (κ2) is 5.41. The molecule has 0 amide bonds. The summed E-state index contributed by atoms with van der Waals surface area (Å²) in [6.07, 6.45) is 4.93. The van der Waals surface area contributed by atoms with Gasteiger partial charge in [-0.2, -0.15) is 5.10 Å². The zero-order valence-corrected chi connectivity index (χ0v) is 13.7. The highest BCUT2D eigenvalue weighted by atomic mass is 16.5. The zero-order valence-electron chi connectivity index (χ0n) is 13.7. The van der Waals surface area contributed by atoms with Crippen LogP contribution in [0.3, 0.4) is 0 Å². The molecule has 1 aromatic carbocycles. The van der Waals surface area contributed by atoms with E-state index in [-0.39, 0.29) is 0 Å². The minimum Gasteiger partial charge on any atom is -0.497 e. The Balaban J connectivity index is 1.53. The van der Waals surface area contributed by atoms with Crippen LogP contribution in [0.15, 0.2) is 36.7 Å². The molecule has 7 nitrogen and oxygen atoms in total. The minimum atomic E-state index is 0.634. The van der Waals surface area contributed by atoms with E-state index >= 15 is 0 Å². The molecular formula is C18H16N6O. The molecule has 5 rings (SSSR count). The van der Waals surface area contributed by atoms with Crippen molar-refractivity contribution in [2.24, 2.45) is 0 Å². The van der Waals surface area contributed by atoms with E-state index in [0.29, 0.717) is 5.82 Å². The second-order valence-electron chi connectivity index (χ2n) is 6.12. The Morgan fingerprint density at radius 3 is 2.88 bits per heavy atom. The second-order valence-corrected chi connectivity index (χ2v) is 6.12. The van der Waals surface area contributed by atoms with E-state index in [9.17, 15) is 0 Å². The summed E-state index contributed by atoms with van der Waals surface area (Å²) in [6.45, 7) is 0. The van der Waals surface area contributed by atoms with E-state index in [1.807, 2.05) is 30.3 Å². The van der Waals surface area contributed by atoms with Gasteiger partial charge in [-0.15, -0.1) is 5.10 Å². The number of nitrogens with one attached hydrogen (secondary N) is 1. The van der Waals surface area contributed by atoms with Crippen LogP contribution < -0.4 is 4.74 Å². The molecule has 0 spiro atoms. The average Bonchev–Trinajstić information content (AvgIpc) is 3.38. The Morgan fingerprint density at radius 2 is 2.04 bits per heavy atom. The largest absolute Gasteiger partial charge is 0.497 e. The van der Waals surface area contributed by atoms with Crippen molar-refractivity contribution in [1.29, 1.82) is 0 Å². The lowest BCUT2D eigenvalue weighted by Gasteiger charge is -1.99. The first-order valence-electron chi connectivity index (χ1n) is 8.25. The fraction of sp³-hybridized carbons (Fsp3) is 0.222. The Morgan fingerprint density at radius 1 is 1.16 bits per heavy atom. The summed E-state index contributed by atoms with van der Waals surface area (Å²) in [4.78, 5) is 9.20. The van der Waals surface area contributed by atoms with Crippen LogP contribution >= 0.6 is 0 Å². The van der Waals surface area contributed by atoms with Crippen LogP contribution in [0.2, 0.25) is 0 Å². The van der Waals surface area contributed by atoms with Gasteiger partial charge in [0.15, 0.2) is 11.5 Å². The van der Waals surface area contributed by atoms with Crippen molar-refractivity contribution in [1.82, 2.24) is 29.8 Å². The van der Waals surface area contributed by atoms with Gasteiger partial charge < -0.3 is 4.74 Å². The lowest BCUT2D eigenvalue weighted by atomic mass is 10.1. The number of ether oxygens (including phenoxy) is 1. The molecule has 124 valence electrons. The molecular weight excluding hydrogens is 316 g/mol. The smallest absolute Gasteiger partial charge is 0.200 e. The number of rotatable bonds is 3. The molecule has 1 N–H and O–H groups in total. The van der Waals surface area contributed by atoms with Crippen LogP contribution in [0.5, 0.6) is 5.75 Å². The first-order valence-corrected chi connectivity index (χ1v) is 8.25. The van der Waals surface area contributed by atoms with E-state index < -0.39 is 0 Å². The van der Waals surface area contributed by atoms with Gasteiger partial charge in [0, 0.05) is 16.8 Å². The predicted molar refractivity (Wildman–Crippen MR) is 92.4 cm³/mol. The highest BCUT2D eigenvalue weighted by molar-refractivity contribution is 5.66. The van der Waals surface area contributed by atoms with Crippen LogP contribution in [0.25, 0.3) is 28.4 Å². The fourth-order valence-electron chi connectivity index (χ4n) is 3.31. The minimum absolute atomic E-state index is 0.634. The maximum absolute atomic E-state index is 5.19. The maximum Gasteiger partial charge on any atom is 0.200 e. The molecule has 4 aromatic rings. The van der Waals surface area contributed by atoms with Crippen molar-refractivity contribution >= 4 is 5.65 Å². The van der Waals surface area contributed by atoms with Gasteiger partial charge in [-0.05, 0) is 49.6 Å². The molecule has 1 aliphatic carbocycles. The third-order valence-electron chi connectivity index (χ3n) is 4.62. The average molecular weight is 332 g/mol. The van der Waals surface area contributed by atoms with E-state index in [4.69, 9.17) is 9.72 Å². The van der Waals surface area contributed by atoms with Crippen LogP contribution in [0.4, 0.5) is 0 Å². The van der Waals surface area contributed by atoms with Gasteiger partial charge in [0.2, 0.25) is 0 Å². The summed E-state index contributed by atoms with van der Waals surface area (Å²) in [5.41, 5.74) is 5.92. The lowest BCUT2D eigenvalue weighted by Crippen LogP contribution is -1.96. The number of aromatic nitrogens is 6. The van der Waals surface area contributed by atoms with Crippen molar-refractivity contribution in [2.45, 2.75) is 19.3 Å². The monoisotopic (exact) mass is 332 g/mol. The number of aryl methyl sites for hydroxylation is 2. The number of nitrogens with zero attached hydrogens (tertiary/aromatic N) is 5. The normalized spacial score (nSPS) is 13.3. The van der Waals surface area contributed by atoms with Gasteiger partial charge in [-0.1, -0.05) is 0 Å². The molecule has 0 radical (unpaired) electrons. The number of fused-ring (bicyclic) bond motifs is 3. The first-order chi connectivity index (χ1) is 12.3. The van der Waals surface area contributed by atoms with Crippen molar-refractivity contribution in [2.75, 3.05) is 7.11 Å². The number of aromatic amines is 1. The van der Waals surface area contributed by atoms with Gasteiger partial charge in [0.25, 0.3) is 0 Å². The molecule has 0 bridgehead atoms. The summed E-state index contributed by atoms with van der Waals surface area (Å²) in [5.74, 6) is 1.46. The van der Waals surface area contributed by atoms with Crippen LogP contribution in [0.1, 0.15) is 17.7 Å². The molecule has 3 aromatic heterocycles. The highest BCUT2D eigenvalue weighted by Gasteiger charge is 2.19. The van der Waals surface area contributed by atoms with Gasteiger partial charge in [0.1, 0.15) is 17.8 Å². The van der Waals surface area contributed by atoms with E-state index in [1.54, 1.807) is 18.0 Å². The highest BCUT2D eigenvalue weighted by Crippen LogP contribution is 2.27. The van der Waals surface area contributed by atoms with Gasteiger partial charge in [-0.3, -0.25) is 5.10 Å². The van der Waals surface area contributed by atoms with Crippen LogP contribution in [0, 0.1) is 0 Å². The number of H-pyrrole nitrogens is 1. The Bertz CT molecular complexity index is 1060. The van der Waals surface area contributed by atoms with Crippen molar-refractivity contribution in [3.8, 4) is 28.5 Å². The summed E-state index contributed by atoms with van der Waals surface area (Å²) in [5, 5.41) is 12.0. The lowest BCUT2D eigenvalue weighted by molar-refractivity contribution is 0.415. The van der Waals surface area contributed by atoms with Gasteiger partial charge in [0.05, 0.1) is 12.8 Å². The fourth-order valence-corrected chi connectivity index (χ4v) is 3.31. The molecule has 0 atom stereocenters. The molecule has 25 heavy (non-hydrogen) atoms. The summed E-state index contributed by atoms with van der Waals surface area (Å²) >= 11 is 0. The first kappa shape index (κ1) is 14.2. The number of hydrogen-bond acceptors (Lipinski definition) is 5. The third kappa shape index (κ3) is 2.27. The van der Waals surface area contributed by atoms with Gasteiger partial charge in [-0.25, -0.2) is 14.5 Å². The number of benzene rings is 1. The maximum atomic E-state index is 5.19. The molecule has 7 heteroatoms. The van der Waals surface area contributed by atoms with Crippen molar-refractivity contribution in [3.05, 3.63) is 47.9 Å². The Kier molecular flexibility index (Phi) is 3.06. The number of hydrogen-bond donors (Lipinski definition) is 1. The van der Waals surface area contributed by atoms with E-state index in [1.165, 1.54) is 5.56 Å². The van der Waals surface area contributed by atoms with Crippen LogP contribution in [-0.2, 0) is 12.8 Å². The number of methoxy groups -OCH3 is 1. The predicted octanol–water partition coefficient (Wildman–Crippen LogP) is 2.68.